The van der Waals surface area contributed by atoms with Gasteiger partial charge in [0.25, 0.3) is 0 Å². The third-order valence-electron chi connectivity index (χ3n) is 3.14. The van der Waals surface area contributed by atoms with Crippen LogP contribution in [-0.2, 0) is 20.5 Å². The smallest absolute Gasteiger partial charge is 0.216 e. The Morgan fingerprint density at radius 3 is 2.95 bits per heavy atom. The number of benzene rings is 1. The first kappa shape index (κ1) is 14.3. The van der Waals surface area contributed by atoms with Crippen molar-refractivity contribution in [2.45, 2.75) is 37.7 Å². The normalized spacial score (nSPS) is 24.3. The molecule has 19 heavy (non-hydrogen) atoms. The summed E-state index contributed by atoms with van der Waals surface area (Å²) in [4.78, 5) is 0. The first-order valence-electron chi connectivity index (χ1n) is 6.40. The molecular weight excluding hydrogens is 264 g/mol. The van der Waals surface area contributed by atoms with E-state index in [9.17, 15) is 8.42 Å². The molecule has 0 aliphatic carbocycles. The van der Waals surface area contributed by atoms with Crippen molar-refractivity contribution < 1.29 is 13.2 Å². The molecule has 1 saturated heterocycles. The molecule has 1 fully saturated rings. The minimum absolute atomic E-state index is 0.0326. The standard InChI is InChI=1S/C13H20N2O3S/c1-10-7-13(5-6-18-10)15-19(16,17)9-11-3-2-4-12(14)8-11/h2-4,8,10,13,15H,5-7,9,14H2,1H3. The Kier molecular flexibility index (Phi) is 4.44. The Balaban J connectivity index is 1.98. The van der Waals surface area contributed by atoms with Crippen molar-refractivity contribution in [1.29, 1.82) is 0 Å². The molecule has 6 heteroatoms. The fourth-order valence-electron chi connectivity index (χ4n) is 2.30. The van der Waals surface area contributed by atoms with E-state index in [1.807, 2.05) is 6.92 Å². The van der Waals surface area contributed by atoms with Crippen LogP contribution in [0.3, 0.4) is 0 Å². The van der Waals surface area contributed by atoms with Gasteiger partial charge in [0.05, 0.1) is 11.9 Å². The number of nitrogen functional groups attached to an aromatic ring is 1. The maximum absolute atomic E-state index is 12.1. The van der Waals surface area contributed by atoms with Gasteiger partial charge in [-0.1, -0.05) is 12.1 Å². The van der Waals surface area contributed by atoms with Crippen LogP contribution in [-0.4, -0.2) is 27.2 Å². The summed E-state index contributed by atoms with van der Waals surface area (Å²) in [6.45, 7) is 2.56. The lowest BCUT2D eigenvalue weighted by molar-refractivity contribution is 0.0173. The van der Waals surface area contributed by atoms with Gasteiger partial charge in [-0.05, 0) is 37.5 Å². The highest BCUT2D eigenvalue weighted by Gasteiger charge is 2.24. The maximum Gasteiger partial charge on any atom is 0.216 e. The monoisotopic (exact) mass is 284 g/mol. The maximum atomic E-state index is 12.1. The third kappa shape index (κ3) is 4.49. The molecule has 0 amide bonds. The summed E-state index contributed by atoms with van der Waals surface area (Å²) in [5.41, 5.74) is 6.93. The topological polar surface area (TPSA) is 81.4 Å². The minimum Gasteiger partial charge on any atom is -0.399 e. The van der Waals surface area contributed by atoms with Crippen LogP contribution in [0.25, 0.3) is 0 Å². The van der Waals surface area contributed by atoms with Gasteiger partial charge >= 0.3 is 0 Å². The zero-order valence-electron chi connectivity index (χ0n) is 11.0. The van der Waals surface area contributed by atoms with E-state index in [1.54, 1.807) is 24.3 Å². The van der Waals surface area contributed by atoms with Crippen LogP contribution >= 0.6 is 0 Å². The van der Waals surface area contributed by atoms with E-state index in [0.717, 1.165) is 12.8 Å². The number of ether oxygens (including phenoxy) is 1. The largest absolute Gasteiger partial charge is 0.399 e. The first-order valence-corrected chi connectivity index (χ1v) is 8.06. The predicted molar refractivity (Wildman–Crippen MR) is 75.0 cm³/mol. The molecule has 1 heterocycles. The van der Waals surface area contributed by atoms with Crippen LogP contribution in [0.4, 0.5) is 5.69 Å². The van der Waals surface area contributed by atoms with Crippen molar-refractivity contribution in [2.24, 2.45) is 0 Å². The molecule has 5 nitrogen and oxygen atoms in total. The fraction of sp³-hybridized carbons (Fsp3) is 0.538. The molecule has 106 valence electrons. The summed E-state index contributed by atoms with van der Waals surface area (Å²) < 4.78 is 32.3. The molecule has 1 aromatic rings. The van der Waals surface area contributed by atoms with Crippen LogP contribution in [0.5, 0.6) is 0 Å². The SMILES string of the molecule is CC1CC(NS(=O)(=O)Cc2cccc(N)c2)CCO1. The quantitative estimate of drug-likeness (QED) is 0.815. The zero-order chi connectivity index (χ0) is 13.9. The summed E-state index contributed by atoms with van der Waals surface area (Å²) >= 11 is 0. The van der Waals surface area contributed by atoms with Gasteiger partial charge in [0.2, 0.25) is 10.0 Å². The average Bonchev–Trinajstić information content (AvgIpc) is 2.27. The van der Waals surface area contributed by atoms with Crippen molar-refractivity contribution in [3.05, 3.63) is 29.8 Å². The molecule has 2 rings (SSSR count). The minimum atomic E-state index is -3.34. The molecular formula is C13H20N2O3S. The summed E-state index contributed by atoms with van der Waals surface area (Å²) in [5.74, 6) is -0.0379. The van der Waals surface area contributed by atoms with Crippen LogP contribution in [0.2, 0.25) is 0 Å². The molecule has 1 aliphatic heterocycles. The number of rotatable bonds is 4. The van der Waals surface area contributed by atoms with Gasteiger partial charge in [0, 0.05) is 18.3 Å². The highest BCUT2D eigenvalue weighted by atomic mass is 32.2. The molecule has 0 radical (unpaired) electrons. The van der Waals surface area contributed by atoms with E-state index < -0.39 is 10.0 Å². The zero-order valence-corrected chi connectivity index (χ0v) is 11.8. The summed E-state index contributed by atoms with van der Waals surface area (Å²) in [5, 5.41) is 0. The lowest BCUT2D eigenvalue weighted by Crippen LogP contribution is -2.41. The van der Waals surface area contributed by atoms with E-state index in [2.05, 4.69) is 4.72 Å². The Morgan fingerprint density at radius 2 is 2.26 bits per heavy atom. The van der Waals surface area contributed by atoms with Gasteiger partial charge in [0.15, 0.2) is 0 Å². The number of sulfonamides is 1. The van der Waals surface area contributed by atoms with Gasteiger partial charge < -0.3 is 10.5 Å². The second-order valence-corrected chi connectivity index (χ2v) is 6.78. The van der Waals surface area contributed by atoms with E-state index in [0.29, 0.717) is 17.9 Å². The van der Waals surface area contributed by atoms with Crippen LogP contribution in [0.1, 0.15) is 25.3 Å². The number of nitrogens with two attached hydrogens (primary N) is 1. The number of anilines is 1. The van der Waals surface area contributed by atoms with Crippen molar-refractivity contribution in [3.63, 3.8) is 0 Å². The van der Waals surface area contributed by atoms with Crippen molar-refractivity contribution >= 4 is 15.7 Å². The van der Waals surface area contributed by atoms with Gasteiger partial charge in [-0.3, -0.25) is 0 Å². The number of nitrogens with one attached hydrogen (secondary N) is 1. The lowest BCUT2D eigenvalue weighted by atomic mass is 10.1. The van der Waals surface area contributed by atoms with Gasteiger partial charge in [-0.15, -0.1) is 0 Å². The van der Waals surface area contributed by atoms with E-state index in [-0.39, 0.29) is 17.9 Å². The molecule has 1 aliphatic rings. The van der Waals surface area contributed by atoms with E-state index >= 15 is 0 Å². The van der Waals surface area contributed by atoms with Crippen LogP contribution < -0.4 is 10.5 Å². The Bertz CT molecular complexity index is 530. The number of hydrogen-bond donors (Lipinski definition) is 2. The fourth-order valence-corrected chi connectivity index (χ4v) is 3.73. The molecule has 2 atom stereocenters. The first-order chi connectivity index (χ1) is 8.94. The molecule has 0 aromatic heterocycles. The summed E-state index contributed by atoms with van der Waals surface area (Å²) in [6.07, 6.45) is 1.55. The summed E-state index contributed by atoms with van der Waals surface area (Å²) in [6, 6.07) is 6.92. The second kappa shape index (κ2) is 5.90. The van der Waals surface area contributed by atoms with Crippen molar-refractivity contribution in [1.82, 2.24) is 4.72 Å². The highest BCUT2D eigenvalue weighted by Crippen LogP contribution is 2.16. The molecule has 0 saturated carbocycles. The molecule has 0 bridgehead atoms. The van der Waals surface area contributed by atoms with Gasteiger partial charge in [-0.2, -0.15) is 0 Å². The Morgan fingerprint density at radius 1 is 1.47 bits per heavy atom. The van der Waals surface area contributed by atoms with Gasteiger partial charge in [-0.25, -0.2) is 13.1 Å². The van der Waals surface area contributed by atoms with E-state index in [1.165, 1.54) is 0 Å². The summed E-state index contributed by atoms with van der Waals surface area (Å²) in [7, 11) is -3.34. The lowest BCUT2D eigenvalue weighted by Gasteiger charge is -2.27. The Labute approximate surface area is 114 Å². The second-order valence-electron chi connectivity index (χ2n) is 5.02. The molecule has 1 aromatic carbocycles. The van der Waals surface area contributed by atoms with Crippen molar-refractivity contribution in [3.8, 4) is 0 Å². The Hall–Kier alpha value is -1.11. The van der Waals surface area contributed by atoms with Crippen LogP contribution in [0.15, 0.2) is 24.3 Å². The van der Waals surface area contributed by atoms with Crippen molar-refractivity contribution in [2.75, 3.05) is 12.3 Å². The predicted octanol–water partition coefficient (Wildman–Crippen LogP) is 1.26. The van der Waals surface area contributed by atoms with Gasteiger partial charge in [0.1, 0.15) is 0 Å². The molecule has 2 unspecified atom stereocenters. The van der Waals surface area contributed by atoms with Crippen LogP contribution in [0, 0.1) is 0 Å². The molecule has 3 N–H and O–H groups in total. The highest BCUT2D eigenvalue weighted by molar-refractivity contribution is 7.88. The molecule has 0 spiro atoms. The third-order valence-corrected chi connectivity index (χ3v) is 4.54. The van der Waals surface area contributed by atoms with E-state index in [4.69, 9.17) is 10.5 Å². The number of hydrogen-bond acceptors (Lipinski definition) is 4. The average molecular weight is 284 g/mol.